The van der Waals surface area contributed by atoms with Gasteiger partial charge in [-0.3, -0.25) is 0 Å². The Morgan fingerprint density at radius 1 is 0.295 bits per heavy atom. The average Bonchev–Trinajstić information content (AvgIpc) is 3.12. The summed E-state index contributed by atoms with van der Waals surface area (Å²) in [6.07, 6.45) is 0. The Morgan fingerprint density at radius 2 is 0.659 bits per heavy atom. The van der Waals surface area contributed by atoms with Gasteiger partial charge in [0.1, 0.15) is 0 Å². The van der Waals surface area contributed by atoms with Gasteiger partial charge in [0.2, 0.25) is 0 Å². The van der Waals surface area contributed by atoms with Crippen LogP contribution in [0.25, 0.3) is 66.8 Å². The lowest BCUT2D eigenvalue weighted by Gasteiger charge is -2.20. The number of hydrogen-bond donors (Lipinski definition) is 0. The normalized spacial score (nSPS) is 10.7. The third-order valence-corrected chi connectivity index (χ3v) is 8.17. The summed E-state index contributed by atoms with van der Waals surface area (Å²) in [6.45, 7) is 0. The van der Waals surface area contributed by atoms with Gasteiger partial charge >= 0.3 is 0 Å². The highest BCUT2D eigenvalue weighted by molar-refractivity contribution is 6.00. The minimum absolute atomic E-state index is 0.646. The van der Waals surface area contributed by atoms with E-state index in [1.54, 1.807) is 0 Å². The van der Waals surface area contributed by atoms with Crippen LogP contribution in [-0.2, 0) is 0 Å². The minimum Gasteiger partial charge on any atom is -0.192 e. The minimum atomic E-state index is 0.646. The summed E-state index contributed by atoms with van der Waals surface area (Å²) in [5.41, 5.74) is 13.9. The zero-order chi connectivity index (χ0) is 29.7. The van der Waals surface area contributed by atoms with E-state index in [0.717, 1.165) is 66.8 Å². The Morgan fingerprint density at radius 3 is 1.02 bits per heavy atom. The molecule has 7 rings (SSSR count). The second-order valence-corrected chi connectivity index (χ2v) is 10.8. The molecule has 0 N–H and O–H groups in total. The molecule has 7 aromatic carbocycles. The van der Waals surface area contributed by atoms with Gasteiger partial charge in [0.15, 0.2) is 0 Å². The summed E-state index contributed by atoms with van der Waals surface area (Å²) in [6, 6.07) is 63.8. The second-order valence-electron chi connectivity index (χ2n) is 10.8. The third-order valence-electron chi connectivity index (χ3n) is 8.17. The molecule has 0 heterocycles. The van der Waals surface area contributed by atoms with Crippen molar-refractivity contribution in [1.29, 1.82) is 5.26 Å². The average molecular weight is 560 g/mol. The van der Waals surface area contributed by atoms with Crippen LogP contribution in [0, 0.1) is 11.3 Å². The smallest absolute Gasteiger partial charge is 0.0998 e. The van der Waals surface area contributed by atoms with Crippen LogP contribution >= 0.6 is 0 Å². The summed E-state index contributed by atoms with van der Waals surface area (Å²) in [5.74, 6) is 0. The van der Waals surface area contributed by atoms with E-state index in [4.69, 9.17) is 0 Å². The van der Waals surface area contributed by atoms with Crippen LogP contribution in [0.4, 0.5) is 0 Å². The molecule has 0 atom stereocenters. The van der Waals surface area contributed by atoms with E-state index in [9.17, 15) is 5.26 Å². The number of nitrogens with zero attached hydrogens (tertiary/aromatic N) is 1. The van der Waals surface area contributed by atoms with E-state index in [1.807, 2.05) is 18.2 Å². The highest BCUT2D eigenvalue weighted by atomic mass is 14.3. The molecule has 0 aliphatic carbocycles. The van der Waals surface area contributed by atoms with Gasteiger partial charge in [0.05, 0.1) is 11.6 Å². The molecule has 0 aliphatic rings. The molecule has 1 nitrogen and oxygen atoms in total. The van der Waals surface area contributed by atoms with Crippen LogP contribution in [0.2, 0.25) is 0 Å². The fraction of sp³-hybridized carbons (Fsp3) is 0. The van der Waals surface area contributed by atoms with Crippen LogP contribution in [0.1, 0.15) is 5.56 Å². The lowest BCUT2D eigenvalue weighted by molar-refractivity contribution is 1.47. The lowest BCUT2D eigenvalue weighted by Crippen LogP contribution is -1.96. The second kappa shape index (κ2) is 12.1. The maximum absolute atomic E-state index is 10.5. The fourth-order valence-corrected chi connectivity index (χ4v) is 6.14. The molecule has 0 saturated heterocycles. The Bertz CT molecular complexity index is 1970. The first kappa shape index (κ1) is 26.9. The van der Waals surface area contributed by atoms with Crippen molar-refractivity contribution in [3.8, 4) is 72.8 Å². The molecular formula is C43H29N. The molecule has 0 fully saturated rings. The molecule has 0 amide bonds. The highest BCUT2D eigenvalue weighted by Gasteiger charge is 2.20. The maximum atomic E-state index is 10.5. The standard InChI is InChI=1S/C43H29N/c44-30-36-28-27-35(42-37(31-15-5-1-6-16-31)23-13-24-38(42)32-17-7-2-8-18-32)29-41(36)43-39(33-19-9-3-10-20-33)25-14-26-40(43)34-21-11-4-12-22-34/h1-29H. The monoisotopic (exact) mass is 559 g/mol. The fourth-order valence-electron chi connectivity index (χ4n) is 6.14. The van der Waals surface area contributed by atoms with Crippen molar-refractivity contribution < 1.29 is 0 Å². The predicted octanol–water partition coefficient (Wildman–Crippen LogP) is 11.6. The largest absolute Gasteiger partial charge is 0.192 e. The van der Waals surface area contributed by atoms with E-state index >= 15 is 0 Å². The first-order chi connectivity index (χ1) is 21.8. The molecule has 7 aromatic rings. The molecule has 0 aliphatic heterocycles. The van der Waals surface area contributed by atoms with Gasteiger partial charge in [-0.1, -0.05) is 164 Å². The van der Waals surface area contributed by atoms with Gasteiger partial charge < -0.3 is 0 Å². The molecule has 0 unspecified atom stereocenters. The topological polar surface area (TPSA) is 23.8 Å². The van der Waals surface area contributed by atoms with Crippen LogP contribution in [0.5, 0.6) is 0 Å². The molecule has 1 heteroatoms. The van der Waals surface area contributed by atoms with Gasteiger partial charge in [-0.15, -0.1) is 0 Å². The van der Waals surface area contributed by atoms with Crippen molar-refractivity contribution in [2.45, 2.75) is 0 Å². The van der Waals surface area contributed by atoms with Crippen molar-refractivity contribution in [3.63, 3.8) is 0 Å². The Balaban J connectivity index is 1.55. The molecule has 0 spiro atoms. The van der Waals surface area contributed by atoms with Gasteiger partial charge in [-0.2, -0.15) is 5.26 Å². The summed E-state index contributed by atoms with van der Waals surface area (Å²) >= 11 is 0. The number of rotatable bonds is 6. The number of hydrogen-bond acceptors (Lipinski definition) is 1. The van der Waals surface area contributed by atoms with Gasteiger partial charge in [0, 0.05) is 5.56 Å². The molecule has 0 aromatic heterocycles. The number of nitriles is 1. The number of benzene rings is 7. The van der Waals surface area contributed by atoms with Gasteiger partial charge in [-0.25, -0.2) is 0 Å². The summed E-state index contributed by atoms with van der Waals surface area (Å²) in [5, 5.41) is 10.5. The third kappa shape index (κ3) is 5.11. The predicted molar refractivity (Wildman–Crippen MR) is 184 cm³/mol. The van der Waals surface area contributed by atoms with Crippen molar-refractivity contribution in [2.24, 2.45) is 0 Å². The van der Waals surface area contributed by atoms with E-state index in [-0.39, 0.29) is 0 Å². The Hall–Kier alpha value is -5.97. The Labute approximate surface area is 259 Å². The van der Waals surface area contributed by atoms with Crippen LogP contribution in [0.3, 0.4) is 0 Å². The summed E-state index contributed by atoms with van der Waals surface area (Å²) in [7, 11) is 0. The van der Waals surface area contributed by atoms with E-state index in [1.165, 1.54) is 0 Å². The quantitative estimate of drug-likeness (QED) is 0.199. The SMILES string of the molecule is N#Cc1ccc(-c2c(-c3ccccc3)cccc2-c2ccccc2)cc1-c1c(-c2ccccc2)cccc1-c1ccccc1. The van der Waals surface area contributed by atoms with Crippen LogP contribution in [-0.4, -0.2) is 0 Å². The highest BCUT2D eigenvalue weighted by Crippen LogP contribution is 2.45. The van der Waals surface area contributed by atoms with Crippen molar-refractivity contribution in [2.75, 3.05) is 0 Å². The zero-order valence-corrected chi connectivity index (χ0v) is 24.2. The Kier molecular flexibility index (Phi) is 7.40. The van der Waals surface area contributed by atoms with Crippen molar-refractivity contribution in [3.05, 3.63) is 181 Å². The van der Waals surface area contributed by atoms with E-state index < -0.39 is 0 Å². The first-order valence-corrected chi connectivity index (χ1v) is 14.8. The van der Waals surface area contributed by atoms with Crippen molar-refractivity contribution >= 4 is 0 Å². The molecule has 206 valence electrons. The molecule has 0 radical (unpaired) electrons. The van der Waals surface area contributed by atoms with E-state index in [0.29, 0.717) is 5.56 Å². The first-order valence-electron chi connectivity index (χ1n) is 14.8. The zero-order valence-electron chi connectivity index (χ0n) is 24.2. The molecule has 44 heavy (non-hydrogen) atoms. The summed E-state index contributed by atoms with van der Waals surface area (Å²) < 4.78 is 0. The molecule has 0 saturated carbocycles. The molecular weight excluding hydrogens is 530 g/mol. The van der Waals surface area contributed by atoms with Crippen molar-refractivity contribution in [1.82, 2.24) is 0 Å². The van der Waals surface area contributed by atoms with Crippen LogP contribution in [0.15, 0.2) is 176 Å². The maximum Gasteiger partial charge on any atom is 0.0998 e. The molecule has 0 bridgehead atoms. The summed E-state index contributed by atoms with van der Waals surface area (Å²) in [4.78, 5) is 0. The van der Waals surface area contributed by atoms with Gasteiger partial charge in [-0.05, 0) is 73.3 Å². The van der Waals surface area contributed by atoms with Crippen LogP contribution < -0.4 is 0 Å². The van der Waals surface area contributed by atoms with E-state index in [2.05, 4.69) is 164 Å². The van der Waals surface area contributed by atoms with Gasteiger partial charge in [0.25, 0.3) is 0 Å². The lowest BCUT2D eigenvalue weighted by atomic mass is 9.82.